The van der Waals surface area contributed by atoms with Crippen molar-refractivity contribution >= 4 is 0 Å². The molecule has 5 atom stereocenters. The Morgan fingerprint density at radius 2 is 1.89 bits per heavy atom. The zero-order chi connectivity index (χ0) is 12.5. The lowest BCUT2D eigenvalue weighted by molar-refractivity contribution is -0.101. The van der Waals surface area contributed by atoms with Crippen molar-refractivity contribution in [1.29, 1.82) is 0 Å². The van der Waals surface area contributed by atoms with Crippen molar-refractivity contribution in [3.05, 3.63) is 35.9 Å². The Bertz CT molecular complexity index is 391. The van der Waals surface area contributed by atoms with Gasteiger partial charge in [0.05, 0.1) is 12.2 Å². The third-order valence-electron chi connectivity index (χ3n) is 4.47. The van der Waals surface area contributed by atoms with Crippen LogP contribution < -0.4 is 5.32 Å². The number of hydrogen-bond donors (Lipinski definition) is 1. The molecular formula is C16H23NO. The highest BCUT2D eigenvalue weighted by Crippen LogP contribution is 2.36. The van der Waals surface area contributed by atoms with Crippen molar-refractivity contribution in [3.8, 4) is 0 Å². The molecule has 0 aromatic heterocycles. The van der Waals surface area contributed by atoms with Gasteiger partial charge in [-0.25, -0.2) is 0 Å². The molecule has 3 rings (SSSR count). The molecule has 2 heteroatoms. The second-order valence-corrected chi connectivity index (χ2v) is 6.06. The van der Waals surface area contributed by atoms with Crippen LogP contribution in [0, 0.1) is 11.8 Å². The van der Waals surface area contributed by atoms with Gasteiger partial charge in [0.1, 0.15) is 0 Å². The molecule has 1 saturated heterocycles. The molecule has 0 bridgehead atoms. The van der Waals surface area contributed by atoms with Crippen LogP contribution in [0.15, 0.2) is 30.3 Å². The van der Waals surface area contributed by atoms with Crippen LogP contribution in [0.1, 0.15) is 38.4 Å². The average molecular weight is 245 g/mol. The monoisotopic (exact) mass is 245 g/mol. The number of fused-ring (bicyclic) bond motifs is 1. The van der Waals surface area contributed by atoms with Crippen molar-refractivity contribution in [1.82, 2.24) is 5.32 Å². The summed E-state index contributed by atoms with van der Waals surface area (Å²) in [5.41, 5.74) is 1.30. The Kier molecular flexibility index (Phi) is 3.40. The topological polar surface area (TPSA) is 21.3 Å². The molecule has 0 amide bonds. The Balaban J connectivity index is 1.73. The molecule has 1 aromatic carbocycles. The van der Waals surface area contributed by atoms with E-state index in [0.29, 0.717) is 12.1 Å². The van der Waals surface area contributed by atoms with Crippen molar-refractivity contribution in [2.75, 3.05) is 6.54 Å². The molecule has 1 heterocycles. The lowest BCUT2D eigenvalue weighted by atomic mass is 9.77. The summed E-state index contributed by atoms with van der Waals surface area (Å²) in [7, 11) is 0. The third kappa shape index (κ3) is 2.32. The summed E-state index contributed by atoms with van der Waals surface area (Å²) in [6, 6.07) is 11.1. The van der Waals surface area contributed by atoms with Gasteiger partial charge >= 0.3 is 0 Å². The lowest BCUT2D eigenvalue weighted by Crippen LogP contribution is -2.55. The average Bonchev–Trinajstić information content (AvgIpc) is 2.39. The van der Waals surface area contributed by atoms with Gasteiger partial charge in [0.15, 0.2) is 0 Å². The number of ether oxygens (including phenoxy) is 1. The first-order valence-corrected chi connectivity index (χ1v) is 7.18. The van der Waals surface area contributed by atoms with Crippen molar-refractivity contribution in [3.63, 3.8) is 0 Å². The zero-order valence-corrected chi connectivity index (χ0v) is 11.3. The first kappa shape index (κ1) is 12.2. The number of morpholine rings is 1. The van der Waals surface area contributed by atoms with Crippen molar-refractivity contribution in [2.45, 2.75) is 44.9 Å². The second kappa shape index (κ2) is 5.02. The molecule has 1 aromatic rings. The maximum Gasteiger partial charge on any atom is 0.0953 e. The van der Waals surface area contributed by atoms with Gasteiger partial charge in [0.2, 0.25) is 0 Å². The Labute approximate surface area is 110 Å². The van der Waals surface area contributed by atoms with Gasteiger partial charge in [-0.05, 0) is 30.2 Å². The van der Waals surface area contributed by atoms with E-state index in [2.05, 4.69) is 49.5 Å². The largest absolute Gasteiger partial charge is 0.367 e. The highest BCUT2D eigenvalue weighted by atomic mass is 16.5. The molecule has 5 unspecified atom stereocenters. The summed E-state index contributed by atoms with van der Waals surface area (Å²) < 4.78 is 6.35. The molecular weight excluding hydrogens is 222 g/mol. The van der Waals surface area contributed by atoms with E-state index in [9.17, 15) is 0 Å². The van der Waals surface area contributed by atoms with E-state index in [4.69, 9.17) is 4.74 Å². The number of hydrogen-bond acceptors (Lipinski definition) is 2. The molecule has 2 fully saturated rings. The molecule has 1 N–H and O–H groups in total. The Morgan fingerprint density at radius 1 is 1.11 bits per heavy atom. The van der Waals surface area contributed by atoms with E-state index in [1.807, 2.05) is 0 Å². The van der Waals surface area contributed by atoms with Crippen LogP contribution >= 0.6 is 0 Å². The minimum atomic E-state index is 0.227. The number of benzene rings is 1. The minimum Gasteiger partial charge on any atom is -0.367 e. The van der Waals surface area contributed by atoms with Gasteiger partial charge in [0.25, 0.3) is 0 Å². The maximum absolute atomic E-state index is 6.35. The van der Waals surface area contributed by atoms with Gasteiger partial charge in [-0.15, -0.1) is 0 Å². The minimum absolute atomic E-state index is 0.227. The Morgan fingerprint density at radius 3 is 2.67 bits per heavy atom. The van der Waals surface area contributed by atoms with E-state index in [1.165, 1.54) is 18.4 Å². The molecule has 0 spiro atoms. The van der Waals surface area contributed by atoms with Crippen LogP contribution in [0.3, 0.4) is 0 Å². The molecule has 98 valence electrons. The fourth-order valence-corrected chi connectivity index (χ4v) is 3.63. The van der Waals surface area contributed by atoms with E-state index in [0.717, 1.165) is 18.4 Å². The highest BCUT2D eigenvalue weighted by molar-refractivity contribution is 5.19. The quantitative estimate of drug-likeness (QED) is 0.820. The normalized spacial score (nSPS) is 40.2. The smallest absolute Gasteiger partial charge is 0.0953 e. The summed E-state index contributed by atoms with van der Waals surface area (Å²) in [5, 5.41) is 3.71. The van der Waals surface area contributed by atoms with Crippen LogP contribution in [0.25, 0.3) is 0 Å². The van der Waals surface area contributed by atoms with E-state index in [1.54, 1.807) is 0 Å². The SMILES string of the molecule is CC1CC(C)C2NCC(c3ccccc3)OC2C1. The molecule has 1 aliphatic carbocycles. The van der Waals surface area contributed by atoms with Crippen LogP contribution in [-0.2, 0) is 4.74 Å². The summed E-state index contributed by atoms with van der Waals surface area (Å²) >= 11 is 0. The molecule has 2 aliphatic rings. The van der Waals surface area contributed by atoms with Gasteiger partial charge in [-0.1, -0.05) is 44.2 Å². The lowest BCUT2D eigenvalue weighted by Gasteiger charge is -2.45. The zero-order valence-electron chi connectivity index (χ0n) is 11.3. The Hall–Kier alpha value is -0.860. The number of nitrogens with one attached hydrogen (secondary N) is 1. The molecule has 1 aliphatic heterocycles. The van der Waals surface area contributed by atoms with Gasteiger partial charge in [-0.3, -0.25) is 0 Å². The summed E-state index contributed by atoms with van der Waals surface area (Å²) in [5.74, 6) is 1.52. The standard InChI is InChI=1S/C16H23NO/c1-11-8-12(2)16-14(9-11)18-15(10-17-16)13-6-4-3-5-7-13/h3-7,11-12,14-17H,8-10H2,1-2H3. The van der Waals surface area contributed by atoms with E-state index in [-0.39, 0.29) is 6.10 Å². The van der Waals surface area contributed by atoms with Gasteiger partial charge in [0, 0.05) is 12.6 Å². The van der Waals surface area contributed by atoms with Crippen LogP contribution in [0.2, 0.25) is 0 Å². The maximum atomic E-state index is 6.35. The fraction of sp³-hybridized carbons (Fsp3) is 0.625. The first-order chi connectivity index (χ1) is 8.74. The molecule has 18 heavy (non-hydrogen) atoms. The molecule has 1 saturated carbocycles. The number of rotatable bonds is 1. The predicted octanol–water partition coefficient (Wildman–Crippen LogP) is 3.15. The molecule has 2 nitrogen and oxygen atoms in total. The fourth-order valence-electron chi connectivity index (χ4n) is 3.63. The predicted molar refractivity (Wildman–Crippen MR) is 73.4 cm³/mol. The van der Waals surface area contributed by atoms with E-state index < -0.39 is 0 Å². The van der Waals surface area contributed by atoms with Crippen molar-refractivity contribution in [2.24, 2.45) is 11.8 Å². The van der Waals surface area contributed by atoms with Crippen molar-refractivity contribution < 1.29 is 4.74 Å². The first-order valence-electron chi connectivity index (χ1n) is 7.18. The van der Waals surface area contributed by atoms with E-state index >= 15 is 0 Å². The van der Waals surface area contributed by atoms with Crippen LogP contribution in [0.4, 0.5) is 0 Å². The summed E-state index contributed by atoms with van der Waals surface area (Å²) in [6.07, 6.45) is 3.14. The van der Waals surface area contributed by atoms with Gasteiger partial charge < -0.3 is 10.1 Å². The van der Waals surface area contributed by atoms with Crippen LogP contribution in [-0.4, -0.2) is 18.7 Å². The summed E-state index contributed by atoms with van der Waals surface area (Å²) in [4.78, 5) is 0. The second-order valence-electron chi connectivity index (χ2n) is 6.06. The van der Waals surface area contributed by atoms with Crippen LogP contribution in [0.5, 0.6) is 0 Å². The molecule has 0 radical (unpaired) electrons. The third-order valence-corrected chi connectivity index (χ3v) is 4.47. The van der Waals surface area contributed by atoms with Gasteiger partial charge in [-0.2, -0.15) is 0 Å². The highest BCUT2D eigenvalue weighted by Gasteiger charge is 2.39. The summed E-state index contributed by atoms with van der Waals surface area (Å²) in [6.45, 7) is 5.65.